The Morgan fingerprint density at radius 1 is 1.06 bits per heavy atom. The highest BCUT2D eigenvalue weighted by atomic mass is 16.5. The van der Waals surface area contributed by atoms with Gasteiger partial charge >= 0.3 is 0 Å². The van der Waals surface area contributed by atoms with E-state index in [0.717, 1.165) is 38.2 Å². The molecule has 2 fully saturated rings. The molecule has 2 amide bonds. The summed E-state index contributed by atoms with van der Waals surface area (Å²) < 4.78 is 11.0. The van der Waals surface area contributed by atoms with E-state index in [1.165, 1.54) is 0 Å². The molecular weight excluding hydrogens is 408 g/mol. The number of carbonyl (C=O) groups excluding carboxylic acids is 2. The number of benzene rings is 2. The van der Waals surface area contributed by atoms with E-state index in [1.807, 2.05) is 18.2 Å². The zero-order valence-corrected chi connectivity index (χ0v) is 18.3. The van der Waals surface area contributed by atoms with Gasteiger partial charge in [0.05, 0.1) is 19.3 Å². The van der Waals surface area contributed by atoms with E-state index >= 15 is 0 Å². The van der Waals surface area contributed by atoms with Crippen LogP contribution in [0.4, 0.5) is 5.69 Å². The zero-order valence-electron chi connectivity index (χ0n) is 18.3. The third-order valence-corrected chi connectivity index (χ3v) is 6.85. The largest absolute Gasteiger partial charge is 0.497 e. The minimum absolute atomic E-state index is 0.0379. The number of amides is 2. The summed E-state index contributed by atoms with van der Waals surface area (Å²) >= 11 is 0. The molecule has 0 aliphatic carbocycles. The molecule has 0 aromatic heterocycles. The van der Waals surface area contributed by atoms with Crippen molar-refractivity contribution < 1.29 is 19.1 Å². The molecule has 0 radical (unpaired) electrons. The molecular formula is C24H28N4O4. The molecule has 0 saturated carbocycles. The number of methoxy groups -OCH3 is 1. The lowest BCUT2D eigenvalue weighted by Crippen LogP contribution is -2.57. The summed E-state index contributed by atoms with van der Waals surface area (Å²) in [5.41, 5.74) is 1.12. The lowest BCUT2D eigenvalue weighted by atomic mass is 9.85. The SMILES string of the molecule is COc1ccc2c(c1)C(=O)N(CCN1CCC3(CC1)C(=O)NCN3c1ccccc1)CO2. The van der Waals surface area contributed by atoms with Crippen molar-refractivity contribution in [3.05, 3.63) is 54.1 Å². The number of nitrogens with zero attached hydrogens (tertiary/aromatic N) is 3. The van der Waals surface area contributed by atoms with Crippen LogP contribution >= 0.6 is 0 Å². The summed E-state index contributed by atoms with van der Waals surface area (Å²) in [4.78, 5) is 32.0. The van der Waals surface area contributed by atoms with Crippen LogP contribution in [0.15, 0.2) is 48.5 Å². The van der Waals surface area contributed by atoms with Crippen molar-refractivity contribution in [2.45, 2.75) is 18.4 Å². The van der Waals surface area contributed by atoms with Gasteiger partial charge in [-0.2, -0.15) is 0 Å². The van der Waals surface area contributed by atoms with Crippen molar-refractivity contribution in [2.75, 3.05) is 51.6 Å². The Bertz CT molecular complexity index is 1000. The molecule has 0 atom stereocenters. The molecule has 3 aliphatic heterocycles. The summed E-state index contributed by atoms with van der Waals surface area (Å²) in [5.74, 6) is 1.32. The number of fused-ring (bicyclic) bond motifs is 1. The van der Waals surface area contributed by atoms with E-state index in [9.17, 15) is 9.59 Å². The second kappa shape index (κ2) is 8.35. The maximum atomic E-state index is 12.9. The molecule has 1 spiro atoms. The highest BCUT2D eigenvalue weighted by Crippen LogP contribution is 2.36. The minimum Gasteiger partial charge on any atom is -0.497 e. The Morgan fingerprint density at radius 2 is 1.84 bits per heavy atom. The maximum Gasteiger partial charge on any atom is 0.260 e. The molecule has 0 bridgehead atoms. The quantitative estimate of drug-likeness (QED) is 0.772. The molecule has 8 heteroatoms. The number of anilines is 1. The number of hydrogen-bond acceptors (Lipinski definition) is 6. The monoisotopic (exact) mass is 436 g/mol. The van der Waals surface area contributed by atoms with Crippen LogP contribution in [-0.2, 0) is 4.79 Å². The Labute approximate surface area is 187 Å². The second-order valence-electron chi connectivity index (χ2n) is 8.50. The fraction of sp³-hybridized carbons (Fsp3) is 0.417. The Hall–Kier alpha value is -3.26. The average molecular weight is 437 g/mol. The first-order valence-corrected chi connectivity index (χ1v) is 11.0. The third kappa shape index (κ3) is 3.54. The predicted octanol–water partition coefficient (Wildman–Crippen LogP) is 1.92. The topological polar surface area (TPSA) is 74.4 Å². The van der Waals surface area contributed by atoms with Gasteiger partial charge in [-0.15, -0.1) is 0 Å². The van der Waals surface area contributed by atoms with Crippen LogP contribution in [0, 0.1) is 0 Å². The lowest BCUT2D eigenvalue weighted by molar-refractivity contribution is -0.125. The Kier molecular flexibility index (Phi) is 5.38. The van der Waals surface area contributed by atoms with Gasteiger partial charge in [0.15, 0.2) is 6.73 Å². The van der Waals surface area contributed by atoms with E-state index in [-0.39, 0.29) is 18.5 Å². The Morgan fingerprint density at radius 3 is 2.59 bits per heavy atom. The van der Waals surface area contributed by atoms with Crippen molar-refractivity contribution in [2.24, 2.45) is 0 Å². The molecule has 5 rings (SSSR count). The highest BCUT2D eigenvalue weighted by molar-refractivity contribution is 5.98. The van der Waals surface area contributed by atoms with Crippen LogP contribution < -0.4 is 19.7 Å². The highest BCUT2D eigenvalue weighted by Gasteiger charge is 2.50. The zero-order chi connectivity index (χ0) is 22.1. The van der Waals surface area contributed by atoms with Crippen LogP contribution in [0.2, 0.25) is 0 Å². The van der Waals surface area contributed by atoms with Gasteiger partial charge in [-0.05, 0) is 43.2 Å². The molecule has 1 N–H and O–H groups in total. The number of hydrogen-bond donors (Lipinski definition) is 1. The van der Waals surface area contributed by atoms with Gasteiger partial charge in [0.2, 0.25) is 5.91 Å². The van der Waals surface area contributed by atoms with Crippen molar-refractivity contribution >= 4 is 17.5 Å². The molecule has 8 nitrogen and oxygen atoms in total. The van der Waals surface area contributed by atoms with E-state index in [4.69, 9.17) is 9.47 Å². The van der Waals surface area contributed by atoms with Crippen molar-refractivity contribution in [3.8, 4) is 11.5 Å². The fourth-order valence-electron chi connectivity index (χ4n) is 4.91. The first-order valence-electron chi connectivity index (χ1n) is 11.0. The van der Waals surface area contributed by atoms with Crippen LogP contribution in [0.5, 0.6) is 11.5 Å². The number of para-hydroxylation sites is 1. The molecule has 32 heavy (non-hydrogen) atoms. The van der Waals surface area contributed by atoms with E-state index in [1.54, 1.807) is 30.2 Å². The molecule has 168 valence electrons. The van der Waals surface area contributed by atoms with Crippen molar-refractivity contribution in [1.82, 2.24) is 15.1 Å². The number of piperidine rings is 1. The predicted molar refractivity (Wildman–Crippen MR) is 120 cm³/mol. The normalized spacial score (nSPS) is 20.2. The fourth-order valence-corrected chi connectivity index (χ4v) is 4.91. The van der Waals surface area contributed by atoms with Crippen LogP contribution in [0.1, 0.15) is 23.2 Å². The summed E-state index contributed by atoms with van der Waals surface area (Å²) in [6, 6.07) is 15.4. The number of likely N-dealkylation sites (tertiary alicyclic amines) is 1. The maximum absolute atomic E-state index is 12.9. The van der Waals surface area contributed by atoms with Gasteiger partial charge in [0.25, 0.3) is 5.91 Å². The number of carbonyl (C=O) groups is 2. The van der Waals surface area contributed by atoms with Gasteiger partial charge in [-0.1, -0.05) is 18.2 Å². The second-order valence-corrected chi connectivity index (χ2v) is 8.50. The van der Waals surface area contributed by atoms with E-state index in [0.29, 0.717) is 30.3 Å². The number of nitrogens with one attached hydrogen (secondary N) is 1. The summed E-state index contributed by atoms with van der Waals surface area (Å²) in [6.45, 7) is 3.74. The first-order chi connectivity index (χ1) is 15.6. The van der Waals surface area contributed by atoms with Gasteiger partial charge in [0, 0.05) is 31.9 Å². The molecule has 3 heterocycles. The third-order valence-electron chi connectivity index (χ3n) is 6.85. The van der Waals surface area contributed by atoms with E-state index < -0.39 is 5.54 Å². The standard InChI is InChI=1S/C24H28N4O4/c1-31-19-7-8-21-20(15-19)22(29)27(17-32-21)14-13-26-11-9-24(10-12-26)23(30)25-16-28(24)18-5-3-2-4-6-18/h2-8,15H,9-14,16-17H2,1H3,(H,25,30). The molecule has 0 unspecified atom stereocenters. The van der Waals surface area contributed by atoms with Crippen LogP contribution in [0.3, 0.4) is 0 Å². The van der Waals surface area contributed by atoms with Gasteiger partial charge in [0.1, 0.15) is 17.0 Å². The summed E-state index contributed by atoms with van der Waals surface area (Å²) in [7, 11) is 1.58. The van der Waals surface area contributed by atoms with Crippen LogP contribution in [-0.4, -0.2) is 73.8 Å². The number of ether oxygens (including phenoxy) is 2. The van der Waals surface area contributed by atoms with E-state index in [2.05, 4.69) is 27.2 Å². The van der Waals surface area contributed by atoms with Gasteiger partial charge < -0.3 is 29.5 Å². The van der Waals surface area contributed by atoms with Crippen LogP contribution in [0.25, 0.3) is 0 Å². The molecule has 3 aliphatic rings. The smallest absolute Gasteiger partial charge is 0.260 e. The summed E-state index contributed by atoms with van der Waals surface area (Å²) in [6.07, 6.45) is 1.52. The molecule has 2 aromatic carbocycles. The lowest BCUT2D eigenvalue weighted by Gasteiger charge is -2.43. The van der Waals surface area contributed by atoms with Crippen molar-refractivity contribution in [1.29, 1.82) is 0 Å². The van der Waals surface area contributed by atoms with Crippen molar-refractivity contribution in [3.63, 3.8) is 0 Å². The summed E-state index contributed by atoms with van der Waals surface area (Å²) in [5, 5.41) is 3.04. The molecule has 2 saturated heterocycles. The Balaban J connectivity index is 1.20. The van der Waals surface area contributed by atoms with Gasteiger partial charge in [-0.3, -0.25) is 9.59 Å². The van der Waals surface area contributed by atoms with Gasteiger partial charge in [-0.25, -0.2) is 0 Å². The molecule has 2 aromatic rings. The average Bonchev–Trinajstić information content (AvgIpc) is 3.15. The first kappa shape index (κ1) is 20.6. The number of rotatable bonds is 5. The minimum atomic E-state index is -0.489.